The normalized spacial score (nSPS) is 16.9. The van der Waals surface area contributed by atoms with Crippen LogP contribution in [0.2, 0.25) is 0 Å². The van der Waals surface area contributed by atoms with E-state index in [0.717, 1.165) is 24.2 Å². The van der Waals surface area contributed by atoms with Crippen molar-refractivity contribution in [2.24, 2.45) is 11.7 Å². The minimum atomic E-state index is -0.0971. The quantitative estimate of drug-likeness (QED) is 0.897. The molecule has 0 amide bonds. The fraction of sp³-hybridized carbons (Fsp3) is 0.500. The summed E-state index contributed by atoms with van der Waals surface area (Å²) in [7, 11) is 1.61. The van der Waals surface area contributed by atoms with E-state index in [1.807, 2.05) is 6.07 Å². The van der Waals surface area contributed by atoms with Crippen molar-refractivity contribution in [1.82, 2.24) is 0 Å². The lowest BCUT2D eigenvalue weighted by molar-refractivity contribution is 0.259. The summed E-state index contributed by atoms with van der Waals surface area (Å²) in [5, 5.41) is 9.97. The van der Waals surface area contributed by atoms with Gasteiger partial charge in [0, 0.05) is 11.6 Å². The molecule has 0 saturated heterocycles. The first-order valence-electron chi connectivity index (χ1n) is 5.45. The van der Waals surface area contributed by atoms with Crippen LogP contribution in [0.1, 0.15) is 30.9 Å². The van der Waals surface area contributed by atoms with Gasteiger partial charge in [-0.05, 0) is 46.8 Å². The third kappa shape index (κ3) is 2.87. The van der Waals surface area contributed by atoms with Crippen molar-refractivity contribution in [3.05, 3.63) is 22.2 Å². The first kappa shape index (κ1) is 14.6. The summed E-state index contributed by atoms with van der Waals surface area (Å²) in [4.78, 5) is 0. The van der Waals surface area contributed by atoms with Crippen molar-refractivity contribution in [1.29, 1.82) is 0 Å². The van der Waals surface area contributed by atoms with Crippen LogP contribution >= 0.6 is 28.3 Å². The standard InChI is InChI=1S/C12H16BrNO2.ClH/c1-16-8-5-9(12(15)10(13)6-8)11(14)7-3-2-4-7;/h5-7,11,15H,2-4,14H2,1H3;1H/t11-;/m1./s1. The van der Waals surface area contributed by atoms with E-state index in [4.69, 9.17) is 10.5 Å². The maximum Gasteiger partial charge on any atom is 0.134 e. The molecule has 1 aliphatic rings. The van der Waals surface area contributed by atoms with E-state index in [-0.39, 0.29) is 24.2 Å². The van der Waals surface area contributed by atoms with Gasteiger partial charge in [-0.2, -0.15) is 0 Å². The topological polar surface area (TPSA) is 55.5 Å². The molecule has 0 aromatic heterocycles. The zero-order chi connectivity index (χ0) is 11.7. The van der Waals surface area contributed by atoms with Crippen molar-refractivity contribution < 1.29 is 9.84 Å². The first-order valence-corrected chi connectivity index (χ1v) is 6.24. The zero-order valence-corrected chi connectivity index (χ0v) is 12.1. The Bertz CT molecular complexity index is 396. The highest BCUT2D eigenvalue weighted by Crippen LogP contribution is 2.42. The van der Waals surface area contributed by atoms with Gasteiger partial charge in [0.1, 0.15) is 11.5 Å². The predicted molar refractivity (Wildman–Crippen MR) is 73.9 cm³/mol. The van der Waals surface area contributed by atoms with E-state index >= 15 is 0 Å². The summed E-state index contributed by atoms with van der Waals surface area (Å²) in [5.74, 6) is 1.44. The van der Waals surface area contributed by atoms with Gasteiger partial charge in [-0.3, -0.25) is 0 Å². The van der Waals surface area contributed by atoms with Crippen molar-refractivity contribution >= 4 is 28.3 Å². The molecule has 17 heavy (non-hydrogen) atoms. The molecule has 1 atom stereocenters. The Morgan fingerprint density at radius 1 is 1.47 bits per heavy atom. The number of halogens is 2. The molecule has 1 aromatic carbocycles. The highest BCUT2D eigenvalue weighted by atomic mass is 79.9. The highest BCUT2D eigenvalue weighted by molar-refractivity contribution is 9.10. The lowest BCUT2D eigenvalue weighted by Gasteiger charge is -2.32. The van der Waals surface area contributed by atoms with Crippen LogP contribution in [0.25, 0.3) is 0 Å². The van der Waals surface area contributed by atoms with Gasteiger partial charge in [-0.25, -0.2) is 0 Å². The maximum atomic E-state index is 9.97. The second-order valence-electron chi connectivity index (χ2n) is 4.26. The van der Waals surface area contributed by atoms with E-state index in [1.165, 1.54) is 6.42 Å². The minimum absolute atomic E-state index is 0. The Labute approximate surface area is 116 Å². The van der Waals surface area contributed by atoms with Crippen molar-refractivity contribution in [3.8, 4) is 11.5 Å². The van der Waals surface area contributed by atoms with Crippen molar-refractivity contribution in [2.45, 2.75) is 25.3 Å². The minimum Gasteiger partial charge on any atom is -0.506 e. The summed E-state index contributed by atoms with van der Waals surface area (Å²) < 4.78 is 5.81. The summed E-state index contributed by atoms with van der Waals surface area (Å²) >= 11 is 3.31. The summed E-state index contributed by atoms with van der Waals surface area (Å²) in [5.41, 5.74) is 6.93. The van der Waals surface area contributed by atoms with Crippen LogP contribution in [0.15, 0.2) is 16.6 Å². The van der Waals surface area contributed by atoms with E-state index in [1.54, 1.807) is 13.2 Å². The van der Waals surface area contributed by atoms with Crippen LogP contribution < -0.4 is 10.5 Å². The molecule has 5 heteroatoms. The first-order chi connectivity index (χ1) is 7.63. The fourth-order valence-electron chi connectivity index (χ4n) is 2.02. The molecule has 0 radical (unpaired) electrons. The van der Waals surface area contributed by atoms with Gasteiger partial charge >= 0.3 is 0 Å². The molecule has 0 spiro atoms. The Morgan fingerprint density at radius 2 is 2.12 bits per heavy atom. The van der Waals surface area contributed by atoms with Crippen LogP contribution in [0.5, 0.6) is 11.5 Å². The summed E-state index contributed by atoms with van der Waals surface area (Å²) in [6, 6.07) is 3.47. The van der Waals surface area contributed by atoms with Gasteiger partial charge in [-0.15, -0.1) is 12.4 Å². The Kier molecular flexibility index (Phi) is 5.10. The predicted octanol–water partition coefficient (Wildman–Crippen LogP) is 3.39. The highest BCUT2D eigenvalue weighted by Gasteiger charge is 2.28. The third-order valence-electron chi connectivity index (χ3n) is 3.32. The lowest BCUT2D eigenvalue weighted by Crippen LogP contribution is -2.26. The number of rotatable bonds is 3. The molecular weight excluding hydrogens is 305 g/mol. The molecule has 1 fully saturated rings. The maximum absolute atomic E-state index is 9.97. The van der Waals surface area contributed by atoms with Gasteiger partial charge in [0.2, 0.25) is 0 Å². The average Bonchev–Trinajstić information content (AvgIpc) is 2.19. The lowest BCUT2D eigenvalue weighted by atomic mass is 9.77. The van der Waals surface area contributed by atoms with Crippen molar-refractivity contribution in [3.63, 3.8) is 0 Å². The Morgan fingerprint density at radius 3 is 2.59 bits per heavy atom. The molecule has 0 heterocycles. The second-order valence-corrected chi connectivity index (χ2v) is 5.12. The summed E-state index contributed by atoms with van der Waals surface area (Å²) in [6.45, 7) is 0. The number of nitrogens with two attached hydrogens (primary N) is 1. The Hall–Kier alpha value is -0.450. The number of ether oxygens (including phenoxy) is 1. The number of hydrogen-bond donors (Lipinski definition) is 2. The third-order valence-corrected chi connectivity index (χ3v) is 3.92. The average molecular weight is 323 g/mol. The molecule has 3 nitrogen and oxygen atoms in total. The van der Waals surface area contributed by atoms with Crippen LogP contribution in [0.3, 0.4) is 0 Å². The van der Waals surface area contributed by atoms with Crippen LogP contribution in [-0.4, -0.2) is 12.2 Å². The van der Waals surface area contributed by atoms with E-state index < -0.39 is 0 Å². The van der Waals surface area contributed by atoms with E-state index in [9.17, 15) is 5.11 Å². The number of methoxy groups -OCH3 is 1. The van der Waals surface area contributed by atoms with Gasteiger partial charge < -0.3 is 15.6 Å². The summed E-state index contributed by atoms with van der Waals surface area (Å²) in [6.07, 6.45) is 3.54. The number of hydrogen-bond acceptors (Lipinski definition) is 3. The smallest absolute Gasteiger partial charge is 0.134 e. The number of phenolic OH excluding ortho intramolecular Hbond substituents is 1. The van der Waals surface area contributed by atoms with Crippen LogP contribution in [0, 0.1) is 5.92 Å². The van der Waals surface area contributed by atoms with E-state index in [0.29, 0.717) is 10.4 Å². The molecule has 0 aliphatic heterocycles. The molecule has 3 N–H and O–H groups in total. The van der Waals surface area contributed by atoms with Crippen molar-refractivity contribution in [2.75, 3.05) is 7.11 Å². The molecule has 1 aromatic rings. The monoisotopic (exact) mass is 321 g/mol. The number of aromatic hydroxyl groups is 1. The molecule has 2 rings (SSSR count). The largest absolute Gasteiger partial charge is 0.506 e. The van der Waals surface area contributed by atoms with Gasteiger partial charge in [-0.1, -0.05) is 6.42 Å². The molecule has 0 unspecified atom stereocenters. The van der Waals surface area contributed by atoms with Gasteiger partial charge in [0.25, 0.3) is 0 Å². The molecule has 1 saturated carbocycles. The molecule has 96 valence electrons. The Balaban J connectivity index is 0.00000144. The zero-order valence-electron chi connectivity index (χ0n) is 9.65. The number of benzene rings is 1. The second kappa shape index (κ2) is 5.94. The fourth-order valence-corrected chi connectivity index (χ4v) is 2.47. The van der Waals surface area contributed by atoms with Gasteiger partial charge in [0.15, 0.2) is 0 Å². The van der Waals surface area contributed by atoms with Gasteiger partial charge in [0.05, 0.1) is 11.6 Å². The molecular formula is C12H17BrClNO2. The van der Waals surface area contributed by atoms with E-state index in [2.05, 4.69) is 15.9 Å². The van der Waals surface area contributed by atoms with Crippen LogP contribution in [0.4, 0.5) is 0 Å². The molecule has 1 aliphatic carbocycles. The van der Waals surface area contributed by atoms with Crippen LogP contribution in [-0.2, 0) is 0 Å². The SMILES string of the molecule is COc1cc(Br)c(O)c([C@H](N)C2CCC2)c1.Cl. The molecule has 0 bridgehead atoms. The number of phenols is 1.